The first kappa shape index (κ1) is 28.4. The Balaban J connectivity index is 1.35. The fourth-order valence-corrected chi connectivity index (χ4v) is 6.87. The Hall–Kier alpha value is -3.67. The predicted octanol–water partition coefficient (Wildman–Crippen LogP) is 4.50. The van der Waals surface area contributed by atoms with Crippen LogP contribution in [0.4, 0.5) is 5.95 Å². The van der Waals surface area contributed by atoms with Crippen molar-refractivity contribution in [2.45, 2.75) is 37.8 Å². The first-order chi connectivity index (χ1) is 20.4. The van der Waals surface area contributed by atoms with Crippen LogP contribution in [0.3, 0.4) is 0 Å². The largest absolute Gasteiger partial charge is 0.495 e. The molecule has 3 aromatic heterocycles. The minimum atomic E-state index is 0.0163. The van der Waals surface area contributed by atoms with Crippen molar-refractivity contribution in [2.24, 2.45) is 0 Å². The predicted molar refractivity (Wildman–Crippen MR) is 163 cm³/mol. The van der Waals surface area contributed by atoms with Gasteiger partial charge in [-0.15, -0.1) is 5.10 Å². The van der Waals surface area contributed by atoms with Crippen LogP contribution in [0.5, 0.6) is 11.5 Å². The molecule has 2 saturated heterocycles. The molecule has 1 amide bonds. The molecule has 2 aliphatic rings. The van der Waals surface area contributed by atoms with Crippen molar-refractivity contribution in [1.82, 2.24) is 34.4 Å². The topological polar surface area (TPSA) is 110 Å². The molecule has 5 heterocycles. The molecule has 2 aliphatic heterocycles. The molecule has 2 unspecified atom stereocenters. The number of aromatic nitrogens is 5. The number of hydrogen-bond acceptors (Lipinski definition) is 9. The third-order valence-electron chi connectivity index (χ3n) is 8.19. The van der Waals surface area contributed by atoms with Crippen LogP contribution < -0.4 is 14.8 Å². The molecule has 0 spiro atoms. The summed E-state index contributed by atoms with van der Waals surface area (Å²) >= 11 is 13.7. The van der Waals surface area contributed by atoms with E-state index in [1.807, 2.05) is 11.0 Å². The Morgan fingerprint density at radius 1 is 1.10 bits per heavy atom. The van der Waals surface area contributed by atoms with Crippen molar-refractivity contribution in [3.05, 3.63) is 46.9 Å². The van der Waals surface area contributed by atoms with Crippen molar-refractivity contribution in [3.63, 3.8) is 0 Å². The molecule has 1 aromatic carbocycles. The van der Waals surface area contributed by atoms with E-state index in [-0.39, 0.29) is 5.91 Å². The van der Waals surface area contributed by atoms with Gasteiger partial charge in [0.05, 0.1) is 24.3 Å². The fourth-order valence-electron chi connectivity index (χ4n) is 6.17. The van der Waals surface area contributed by atoms with E-state index in [0.29, 0.717) is 74.2 Å². The van der Waals surface area contributed by atoms with Gasteiger partial charge in [0.2, 0.25) is 11.9 Å². The quantitative estimate of drug-likeness (QED) is 0.274. The third kappa shape index (κ3) is 4.89. The fraction of sp³-hybridized carbons (Fsp3) is 0.414. The summed E-state index contributed by atoms with van der Waals surface area (Å²) in [7, 11) is 4.85. The van der Waals surface area contributed by atoms with E-state index in [1.54, 1.807) is 38.0 Å². The van der Waals surface area contributed by atoms with Gasteiger partial charge in [-0.2, -0.15) is 9.50 Å². The average Bonchev–Trinajstić information content (AvgIpc) is 3.53. The number of methoxy groups -OCH3 is 2. The number of carbonyl (C=O) groups is 1. The molecule has 2 atom stereocenters. The van der Waals surface area contributed by atoms with Gasteiger partial charge in [0, 0.05) is 67.4 Å². The minimum Gasteiger partial charge on any atom is -0.495 e. The molecular formula is C29H32Cl2N8O3. The molecule has 0 aliphatic carbocycles. The molecule has 220 valence electrons. The van der Waals surface area contributed by atoms with E-state index in [1.165, 1.54) is 6.08 Å². The van der Waals surface area contributed by atoms with Gasteiger partial charge in [0.25, 0.3) is 0 Å². The lowest BCUT2D eigenvalue weighted by atomic mass is 10.0. The highest BCUT2D eigenvalue weighted by Gasteiger charge is 2.40. The van der Waals surface area contributed by atoms with E-state index < -0.39 is 0 Å². The van der Waals surface area contributed by atoms with Gasteiger partial charge in [0.1, 0.15) is 11.5 Å². The average molecular weight is 612 g/mol. The summed E-state index contributed by atoms with van der Waals surface area (Å²) in [6.07, 6.45) is 6.89. The maximum atomic E-state index is 12.2. The number of carbonyl (C=O) groups excluding carboxylic acids is 1. The SMILES string of the molecule is C=CC(=O)N1CC2CCC(C1)N2CCCc1nc2c(-c3c(Cl)c(OC)cc(OC)c3Cl)cc3cnc(NC)nc3n2n1. The van der Waals surface area contributed by atoms with Crippen molar-refractivity contribution in [2.75, 3.05) is 46.2 Å². The summed E-state index contributed by atoms with van der Waals surface area (Å²) in [5, 5.41) is 9.29. The summed E-state index contributed by atoms with van der Waals surface area (Å²) in [4.78, 5) is 30.7. The lowest BCUT2D eigenvalue weighted by molar-refractivity contribution is -0.129. The van der Waals surface area contributed by atoms with Gasteiger partial charge in [-0.25, -0.2) is 9.97 Å². The third-order valence-corrected chi connectivity index (χ3v) is 8.94. The number of ether oxygens (including phenoxy) is 2. The number of rotatable bonds is 9. The molecule has 42 heavy (non-hydrogen) atoms. The number of fused-ring (bicyclic) bond motifs is 5. The van der Waals surface area contributed by atoms with Gasteiger partial charge < -0.3 is 19.7 Å². The second kappa shape index (κ2) is 11.5. The number of halogens is 2. The summed E-state index contributed by atoms with van der Waals surface area (Å²) in [5.41, 5.74) is 2.36. The number of anilines is 1. The second-order valence-corrected chi connectivity index (χ2v) is 11.3. The number of likely N-dealkylation sites (tertiary alicyclic amines) is 1. The number of benzene rings is 1. The van der Waals surface area contributed by atoms with Crippen LogP contribution in [0, 0.1) is 0 Å². The Labute approximate surface area is 253 Å². The number of amides is 1. The Bertz CT molecular complexity index is 1650. The van der Waals surface area contributed by atoms with Crippen molar-refractivity contribution in [3.8, 4) is 22.6 Å². The first-order valence-corrected chi connectivity index (χ1v) is 14.6. The van der Waals surface area contributed by atoms with Crippen LogP contribution in [-0.2, 0) is 11.2 Å². The van der Waals surface area contributed by atoms with Crippen molar-refractivity contribution >= 4 is 51.7 Å². The summed E-state index contributed by atoms with van der Waals surface area (Å²) < 4.78 is 12.8. The Kier molecular flexibility index (Phi) is 7.82. The highest BCUT2D eigenvalue weighted by Crippen LogP contribution is 2.47. The van der Waals surface area contributed by atoms with E-state index >= 15 is 0 Å². The number of aryl methyl sites for hydroxylation is 1. The van der Waals surface area contributed by atoms with Crippen LogP contribution in [-0.4, -0.2) is 93.3 Å². The molecule has 0 radical (unpaired) electrons. The first-order valence-electron chi connectivity index (χ1n) is 13.9. The Morgan fingerprint density at radius 2 is 1.79 bits per heavy atom. The standard InChI is InChI=1S/C29H32Cl2N8O3/c1-5-23(40)37-14-17-8-9-18(15-37)38(17)10-6-7-22-34-28-19(24-25(30)20(41-3)12-21(42-4)26(24)31)11-16-13-33-29(32-2)35-27(16)39(28)36-22/h5,11-13,17-18H,1,6-10,14-15H2,2-4H3,(H,32,33,35). The molecule has 4 aromatic rings. The van der Waals surface area contributed by atoms with E-state index in [4.69, 9.17) is 42.8 Å². The molecule has 2 bridgehead atoms. The van der Waals surface area contributed by atoms with Gasteiger partial charge in [0.15, 0.2) is 17.1 Å². The highest BCUT2D eigenvalue weighted by atomic mass is 35.5. The van der Waals surface area contributed by atoms with Gasteiger partial charge in [-0.05, 0) is 37.9 Å². The molecule has 13 heteroatoms. The summed E-state index contributed by atoms with van der Waals surface area (Å²) in [6, 6.07) is 4.32. The molecule has 0 saturated carbocycles. The number of nitrogens with one attached hydrogen (secondary N) is 1. The van der Waals surface area contributed by atoms with Gasteiger partial charge >= 0.3 is 0 Å². The monoisotopic (exact) mass is 610 g/mol. The van der Waals surface area contributed by atoms with Gasteiger partial charge in [-0.1, -0.05) is 29.8 Å². The van der Waals surface area contributed by atoms with Crippen LogP contribution in [0.25, 0.3) is 27.8 Å². The smallest absolute Gasteiger partial charge is 0.246 e. The zero-order chi connectivity index (χ0) is 29.5. The lowest BCUT2D eigenvalue weighted by Crippen LogP contribution is -2.55. The van der Waals surface area contributed by atoms with Crippen LogP contribution in [0.15, 0.2) is 31.0 Å². The molecule has 6 rings (SSSR count). The van der Waals surface area contributed by atoms with E-state index in [0.717, 1.165) is 44.3 Å². The lowest BCUT2D eigenvalue weighted by Gasteiger charge is -2.40. The van der Waals surface area contributed by atoms with Crippen LogP contribution in [0.1, 0.15) is 25.1 Å². The van der Waals surface area contributed by atoms with Crippen LogP contribution in [0.2, 0.25) is 10.0 Å². The number of pyridine rings is 1. The normalized spacial score (nSPS) is 18.5. The van der Waals surface area contributed by atoms with Crippen molar-refractivity contribution < 1.29 is 14.3 Å². The summed E-state index contributed by atoms with van der Waals surface area (Å²) in [6.45, 7) is 6.06. The van der Waals surface area contributed by atoms with E-state index in [9.17, 15) is 4.79 Å². The zero-order valence-electron chi connectivity index (χ0n) is 23.7. The van der Waals surface area contributed by atoms with Crippen molar-refractivity contribution in [1.29, 1.82) is 0 Å². The minimum absolute atomic E-state index is 0.0163. The molecule has 2 fully saturated rings. The van der Waals surface area contributed by atoms with Gasteiger partial charge in [-0.3, -0.25) is 9.69 Å². The molecule has 1 N–H and O–H groups in total. The van der Waals surface area contributed by atoms with E-state index in [2.05, 4.69) is 26.8 Å². The maximum absolute atomic E-state index is 12.2. The van der Waals surface area contributed by atoms with Crippen LogP contribution >= 0.6 is 23.2 Å². The second-order valence-electron chi connectivity index (χ2n) is 10.5. The molecule has 11 nitrogen and oxygen atoms in total. The highest BCUT2D eigenvalue weighted by molar-refractivity contribution is 6.41. The Morgan fingerprint density at radius 3 is 2.40 bits per heavy atom. The zero-order valence-corrected chi connectivity index (χ0v) is 25.2. The molecular weight excluding hydrogens is 579 g/mol. The number of hydrogen-bond donors (Lipinski definition) is 1. The maximum Gasteiger partial charge on any atom is 0.246 e. The number of piperazine rings is 1. The number of nitrogens with zero attached hydrogens (tertiary/aromatic N) is 7. The summed E-state index contributed by atoms with van der Waals surface area (Å²) in [5.74, 6) is 2.03.